The van der Waals surface area contributed by atoms with Crippen molar-refractivity contribution in [2.24, 2.45) is 5.41 Å². The van der Waals surface area contributed by atoms with Crippen LogP contribution in [-0.4, -0.2) is 6.54 Å². The van der Waals surface area contributed by atoms with E-state index in [4.69, 9.17) is 0 Å². The van der Waals surface area contributed by atoms with Gasteiger partial charge in [0.25, 0.3) is 0 Å². The molecule has 0 aliphatic heterocycles. The van der Waals surface area contributed by atoms with Gasteiger partial charge in [0.2, 0.25) is 0 Å². The average Bonchev–Trinajstić information content (AvgIpc) is 2.92. The van der Waals surface area contributed by atoms with Crippen molar-refractivity contribution >= 4 is 15.9 Å². The molecule has 2 rings (SSSR count). The molecule has 1 nitrogen and oxygen atoms in total. The van der Waals surface area contributed by atoms with Crippen molar-refractivity contribution in [3.05, 3.63) is 33.8 Å². The van der Waals surface area contributed by atoms with E-state index in [9.17, 15) is 8.78 Å². The third kappa shape index (κ3) is 2.77. The van der Waals surface area contributed by atoms with Gasteiger partial charge in [0.05, 0.1) is 4.47 Å². The van der Waals surface area contributed by atoms with Gasteiger partial charge >= 0.3 is 0 Å². The van der Waals surface area contributed by atoms with E-state index in [1.165, 1.54) is 12.1 Å². The van der Waals surface area contributed by atoms with Crippen molar-refractivity contribution in [1.29, 1.82) is 0 Å². The Labute approximate surface area is 128 Å². The Hall–Kier alpha value is -0.480. The highest BCUT2D eigenvalue weighted by atomic mass is 79.9. The predicted octanol–water partition coefficient (Wildman–Crippen LogP) is 5.35. The van der Waals surface area contributed by atoms with Gasteiger partial charge in [0, 0.05) is 11.6 Å². The number of hydrogen-bond donors (Lipinski definition) is 1. The minimum atomic E-state index is -0.462. The molecule has 0 radical (unpaired) electrons. The van der Waals surface area contributed by atoms with E-state index in [-0.39, 0.29) is 17.0 Å². The van der Waals surface area contributed by atoms with E-state index in [1.807, 2.05) is 6.92 Å². The first-order valence-corrected chi connectivity index (χ1v) is 8.22. The summed E-state index contributed by atoms with van der Waals surface area (Å²) in [6, 6.07) is 2.53. The zero-order chi connectivity index (χ0) is 14.8. The minimum absolute atomic E-state index is 0.0293. The second kappa shape index (κ2) is 6.52. The lowest BCUT2D eigenvalue weighted by Crippen LogP contribution is -2.37. The molecule has 20 heavy (non-hydrogen) atoms. The van der Waals surface area contributed by atoms with Crippen molar-refractivity contribution in [3.8, 4) is 0 Å². The summed E-state index contributed by atoms with van der Waals surface area (Å²) < 4.78 is 29.1. The van der Waals surface area contributed by atoms with Gasteiger partial charge in [-0.25, -0.2) is 8.78 Å². The minimum Gasteiger partial charge on any atom is -0.310 e. The molecule has 1 unspecified atom stereocenters. The highest BCUT2D eigenvalue weighted by Gasteiger charge is 2.42. The molecule has 0 amide bonds. The van der Waals surface area contributed by atoms with E-state index in [0.717, 1.165) is 32.1 Å². The van der Waals surface area contributed by atoms with Crippen molar-refractivity contribution in [1.82, 2.24) is 5.32 Å². The molecule has 1 aliphatic carbocycles. The van der Waals surface area contributed by atoms with Crippen LogP contribution in [0.3, 0.4) is 0 Å². The second-order valence-electron chi connectivity index (χ2n) is 5.67. The zero-order valence-electron chi connectivity index (χ0n) is 12.1. The molecular weight excluding hydrogens is 324 g/mol. The van der Waals surface area contributed by atoms with Crippen LogP contribution in [-0.2, 0) is 0 Å². The van der Waals surface area contributed by atoms with Crippen LogP contribution < -0.4 is 5.32 Å². The van der Waals surface area contributed by atoms with Crippen LogP contribution >= 0.6 is 15.9 Å². The second-order valence-corrected chi connectivity index (χ2v) is 6.52. The molecule has 0 aromatic heterocycles. The van der Waals surface area contributed by atoms with E-state index >= 15 is 0 Å². The fourth-order valence-corrected chi connectivity index (χ4v) is 3.91. The molecule has 0 spiro atoms. The Balaban J connectivity index is 2.51. The molecule has 1 fully saturated rings. The molecule has 4 heteroatoms. The lowest BCUT2D eigenvalue weighted by atomic mass is 9.73. The zero-order valence-corrected chi connectivity index (χ0v) is 13.7. The van der Waals surface area contributed by atoms with Crippen molar-refractivity contribution in [2.45, 2.75) is 52.0 Å². The van der Waals surface area contributed by atoms with Gasteiger partial charge in [-0.1, -0.05) is 26.7 Å². The Bertz CT molecular complexity index is 470. The predicted molar refractivity (Wildman–Crippen MR) is 81.7 cm³/mol. The summed E-state index contributed by atoms with van der Waals surface area (Å²) in [5, 5.41) is 3.34. The summed E-state index contributed by atoms with van der Waals surface area (Å²) in [4.78, 5) is 0. The lowest BCUT2D eigenvalue weighted by molar-refractivity contribution is 0.181. The SMILES string of the molecule is CCNC(c1c(F)ccc(Br)c1F)C1(CC)CCCC1. The summed E-state index contributed by atoms with van der Waals surface area (Å²) in [7, 11) is 0. The van der Waals surface area contributed by atoms with Crippen LogP contribution in [0, 0.1) is 17.0 Å². The number of nitrogens with one attached hydrogen (secondary N) is 1. The normalized spacial score (nSPS) is 19.2. The molecule has 0 saturated heterocycles. The summed E-state index contributed by atoms with van der Waals surface area (Å²) in [6.07, 6.45) is 5.30. The molecular formula is C16H22BrF2N. The van der Waals surface area contributed by atoms with Crippen molar-refractivity contribution in [3.63, 3.8) is 0 Å². The highest BCUT2D eigenvalue weighted by molar-refractivity contribution is 9.10. The van der Waals surface area contributed by atoms with Crippen LogP contribution in [0.2, 0.25) is 0 Å². The molecule has 112 valence electrons. The summed E-state index contributed by atoms with van der Waals surface area (Å²) in [5.74, 6) is -0.910. The third-order valence-corrected chi connectivity index (χ3v) is 5.30. The first-order chi connectivity index (χ1) is 9.55. The maximum atomic E-state index is 14.5. The quantitative estimate of drug-likeness (QED) is 0.709. The molecule has 1 N–H and O–H groups in total. The van der Waals surface area contributed by atoms with Crippen molar-refractivity contribution in [2.75, 3.05) is 6.54 Å². The maximum Gasteiger partial charge on any atom is 0.145 e. The molecule has 1 aromatic carbocycles. The lowest BCUT2D eigenvalue weighted by Gasteiger charge is -2.38. The summed E-state index contributed by atoms with van der Waals surface area (Å²) >= 11 is 3.18. The maximum absolute atomic E-state index is 14.5. The first kappa shape index (κ1) is 15.9. The van der Waals surface area contributed by atoms with Gasteiger partial charge in [-0.3, -0.25) is 0 Å². The van der Waals surface area contributed by atoms with Crippen LogP contribution in [0.15, 0.2) is 16.6 Å². The fourth-order valence-electron chi connectivity index (χ4n) is 3.56. The molecule has 1 saturated carbocycles. The summed E-state index contributed by atoms with van der Waals surface area (Å²) in [6.45, 7) is 4.82. The third-order valence-electron chi connectivity index (χ3n) is 4.69. The van der Waals surface area contributed by atoms with Gasteiger partial charge in [-0.05, 0) is 59.3 Å². The van der Waals surface area contributed by atoms with E-state index < -0.39 is 11.6 Å². The number of halogens is 3. The topological polar surface area (TPSA) is 12.0 Å². The Morgan fingerprint density at radius 1 is 1.25 bits per heavy atom. The van der Waals surface area contributed by atoms with Gasteiger partial charge < -0.3 is 5.32 Å². The van der Waals surface area contributed by atoms with Gasteiger partial charge in [0.15, 0.2) is 0 Å². The first-order valence-electron chi connectivity index (χ1n) is 7.42. The number of hydrogen-bond acceptors (Lipinski definition) is 1. The fraction of sp³-hybridized carbons (Fsp3) is 0.625. The standard InChI is InChI=1S/C16H22BrF2N/c1-3-16(9-5-6-10-16)15(20-4-2)13-12(18)8-7-11(17)14(13)19/h7-8,15,20H,3-6,9-10H2,1-2H3. The van der Waals surface area contributed by atoms with E-state index in [1.54, 1.807) is 0 Å². The van der Waals surface area contributed by atoms with Crippen molar-refractivity contribution < 1.29 is 8.78 Å². The van der Waals surface area contributed by atoms with Gasteiger partial charge in [-0.15, -0.1) is 0 Å². The van der Waals surface area contributed by atoms with Gasteiger partial charge in [0.1, 0.15) is 11.6 Å². The molecule has 0 heterocycles. The number of benzene rings is 1. The Kier molecular flexibility index (Phi) is 5.19. The van der Waals surface area contributed by atoms with E-state index in [0.29, 0.717) is 11.0 Å². The largest absolute Gasteiger partial charge is 0.310 e. The monoisotopic (exact) mass is 345 g/mol. The number of rotatable bonds is 5. The van der Waals surface area contributed by atoms with Crippen LogP contribution in [0.1, 0.15) is 57.6 Å². The molecule has 0 bridgehead atoms. The van der Waals surface area contributed by atoms with Gasteiger partial charge in [-0.2, -0.15) is 0 Å². The van der Waals surface area contributed by atoms with E-state index in [2.05, 4.69) is 28.2 Å². The molecule has 1 atom stereocenters. The Morgan fingerprint density at radius 3 is 2.45 bits per heavy atom. The highest BCUT2D eigenvalue weighted by Crippen LogP contribution is 2.51. The van der Waals surface area contributed by atoms with Crippen LogP contribution in [0.25, 0.3) is 0 Å². The molecule has 1 aliphatic rings. The summed E-state index contributed by atoms with van der Waals surface area (Å²) in [5.41, 5.74) is 0.170. The Morgan fingerprint density at radius 2 is 1.90 bits per heavy atom. The smallest absolute Gasteiger partial charge is 0.145 e. The molecule has 1 aromatic rings. The van der Waals surface area contributed by atoms with Crippen LogP contribution in [0.5, 0.6) is 0 Å². The van der Waals surface area contributed by atoms with Crippen LogP contribution in [0.4, 0.5) is 8.78 Å². The average molecular weight is 346 g/mol.